The molecule has 25 heavy (non-hydrogen) atoms. The minimum absolute atomic E-state index is 0.0664. The summed E-state index contributed by atoms with van der Waals surface area (Å²) in [6, 6.07) is 16.5. The first-order valence-electron chi connectivity index (χ1n) is 8.48. The summed E-state index contributed by atoms with van der Waals surface area (Å²) in [7, 11) is 4.05. The Hall–Kier alpha value is -2.14. The first kappa shape index (κ1) is 17.7. The van der Waals surface area contributed by atoms with E-state index in [4.69, 9.17) is 4.74 Å². The molecule has 1 amide bonds. The first-order chi connectivity index (χ1) is 12.1. The van der Waals surface area contributed by atoms with Gasteiger partial charge in [0.2, 0.25) is 5.91 Å². The molecule has 0 aromatic heterocycles. The summed E-state index contributed by atoms with van der Waals surface area (Å²) in [4.78, 5) is 16.4. The molecule has 0 bridgehead atoms. The molecule has 0 spiro atoms. The van der Waals surface area contributed by atoms with Crippen LogP contribution < -0.4 is 9.64 Å². The second-order valence-electron chi connectivity index (χ2n) is 6.25. The van der Waals surface area contributed by atoms with E-state index in [2.05, 4.69) is 41.3 Å². The van der Waals surface area contributed by atoms with Gasteiger partial charge in [-0.1, -0.05) is 24.3 Å². The lowest BCUT2D eigenvalue weighted by atomic mass is 10.1. The van der Waals surface area contributed by atoms with E-state index < -0.39 is 0 Å². The SMILES string of the molecule is CCOc1ccc(C2SCC(=O)N2Cc2ccc(N(C)C)cc2)cc1. The Bertz CT molecular complexity index is 713. The van der Waals surface area contributed by atoms with Crippen LogP contribution in [0.3, 0.4) is 0 Å². The van der Waals surface area contributed by atoms with Crippen LogP contribution in [-0.4, -0.2) is 37.3 Å². The molecule has 2 aromatic carbocycles. The van der Waals surface area contributed by atoms with Crippen LogP contribution in [0.5, 0.6) is 5.75 Å². The maximum atomic E-state index is 12.4. The van der Waals surface area contributed by atoms with Crippen molar-refractivity contribution in [2.75, 3.05) is 31.4 Å². The van der Waals surface area contributed by atoms with Gasteiger partial charge in [0, 0.05) is 26.3 Å². The van der Waals surface area contributed by atoms with Gasteiger partial charge >= 0.3 is 0 Å². The Balaban J connectivity index is 1.75. The maximum absolute atomic E-state index is 12.4. The highest BCUT2D eigenvalue weighted by Gasteiger charge is 2.32. The van der Waals surface area contributed by atoms with Crippen molar-refractivity contribution in [2.24, 2.45) is 0 Å². The zero-order valence-corrected chi connectivity index (χ0v) is 15.8. The number of amides is 1. The summed E-state index contributed by atoms with van der Waals surface area (Å²) < 4.78 is 5.51. The molecule has 1 atom stereocenters. The van der Waals surface area contributed by atoms with Crippen LogP contribution in [0.25, 0.3) is 0 Å². The summed E-state index contributed by atoms with van der Waals surface area (Å²) in [5, 5.41) is 0.0664. The zero-order valence-electron chi connectivity index (χ0n) is 14.9. The molecular weight excluding hydrogens is 332 g/mol. The van der Waals surface area contributed by atoms with Crippen LogP contribution in [0.2, 0.25) is 0 Å². The lowest BCUT2D eigenvalue weighted by Crippen LogP contribution is -2.27. The Labute approximate surface area is 153 Å². The lowest BCUT2D eigenvalue weighted by Gasteiger charge is -2.25. The number of anilines is 1. The summed E-state index contributed by atoms with van der Waals surface area (Å²) >= 11 is 1.69. The van der Waals surface area contributed by atoms with Crippen LogP contribution in [0.4, 0.5) is 5.69 Å². The van der Waals surface area contributed by atoms with Crippen molar-refractivity contribution in [1.29, 1.82) is 0 Å². The lowest BCUT2D eigenvalue weighted by molar-refractivity contribution is -0.128. The number of carbonyl (C=O) groups is 1. The van der Waals surface area contributed by atoms with Gasteiger partial charge in [-0.2, -0.15) is 0 Å². The van der Waals surface area contributed by atoms with Crippen molar-refractivity contribution in [1.82, 2.24) is 4.90 Å². The van der Waals surface area contributed by atoms with E-state index in [1.807, 2.05) is 38.1 Å². The topological polar surface area (TPSA) is 32.8 Å². The first-order valence-corrected chi connectivity index (χ1v) is 9.53. The molecule has 2 aromatic rings. The molecule has 4 nitrogen and oxygen atoms in total. The standard InChI is InChI=1S/C20H24N2O2S/c1-4-24-18-11-7-16(8-12-18)20-22(19(23)14-25-20)13-15-5-9-17(10-6-15)21(2)3/h5-12,20H,4,13-14H2,1-3H3. The number of thioether (sulfide) groups is 1. The number of benzene rings is 2. The minimum atomic E-state index is 0.0664. The number of carbonyl (C=O) groups excluding carboxylic acids is 1. The third-order valence-corrected chi connectivity index (χ3v) is 5.51. The molecule has 5 heteroatoms. The molecular formula is C20H24N2O2S. The van der Waals surface area contributed by atoms with E-state index in [9.17, 15) is 4.79 Å². The largest absolute Gasteiger partial charge is 0.494 e. The molecule has 0 radical (unpaired) electrons. The van der Waals surface area contributed by atoms with Gasteiger partial charge in [-0.25, -0.2) is 0 Å². The summed E-state index contributed by atoms with van der Waals surface area (Å²) in [5.74, 6) is 1.60. The second-order valence-corrected chi connectivity index (χ2v) is 7.32. The van der Waals surface area contributed by atoms with E-state index in [0.29, 0.717) is 18.9 Å². The molecule has 1 heterocycles. The van der Waals surface area contributed by atoms with Gasteiger partial charge in [0.25, 0.3) is 0 Å². The molecule has 1 unspecified atom stereocenters. The minimum Gasteiger partial charge on any atom is -0.494 e. The summed E-state index contributed by atoms with van der Waals surface area (Å²) in [6.45, 7) is 3.27. The highest BCUT2D eigenvalue weighted by molar-refractivity contribution is 8.00. The fourth-order valence-electron chi connectivity index (χ4n) is 2.89. The van der Waals surface area contributed by atoms with Crippen LogP contribution >= 0.6 is 11.8 Å². The quantitative estimate of drug-likeness (QED) is 0.785. The average Bonchev–Trinajstić information content (AvgIpc) is 2.97. The van der Waals surface area contributed by atoms with Crippen molar-refractivity contribution in [3.8, 4) is 5.75 Å². The average molecular weight is 356 g/mol. The van der Waals surface area contributed by atoms with E-state index in [1.165, 1.54) is 0 Å². The zero-order chi connectivity index (χ0) is 17.8. The van der Waals surface area contributed by atoms with E-state index in [-0.39, 0.29) is 11.3 Å². The molecule has 1 fully saturated rings. The van der Waals surface area contributed by atoms with Crippen molar-refractivity contribution < 1.29 is 9.53 Å². The van der Waals surface area contributed by atoms with Crippen LogP contribution in [0.1, 0.15) is 23.4 Å². The Morgan fingerprint density at radius 1 is 1.12 bits per heavy atom. The van der Waals surface area contributed by atoms with Crippen LogP contribution in [-0.2, 0) is 11.3 Å². The van der Waals surface area contributed by atoms with Crippen molar-refractivity contribution in [3.05, 3.63) is 59.7 Å². The van der Waals surface area contributed by atoms with E-state index >= 15 is 0 Å². The van der Waals surface area contributed by atoms with Crippen molar-refractivity contribution in [3.63, 3.8) is 0 Å². The van der Waals surface area contributed by atoms with Gasteiger partial charge < -0.3 is 14.5 Å². The molecule has 0 aliphatic carbocycles. The highest BCUT2D eigenvalue weighted by Crippen LogP contribution is 2.40. The predicted molar refractivity (Wildman–Crippen MR) is 104 cm³/mol. The predicted octanol–water partition coefficient (Wildman–Crippen LogP) is 3.93. The van der Waals surface area contributed by atoms with Gasteiger partial charge in [-0.15, -0.1) is 11.8 Å². The van der Waals surface area contributed by atoms with Crippen LogP contribution in [0.15, 0.2) is 48.5 Å². The van der Waals surface area contributed by atoms with Crippen molar-refractivity contribution >= 4 is 23.4 Å². The number of rotatable bonds is 6. The Morgan fingerprint density at radius 3 is 2.40 bits per heavy atom. The van der Waals surface area contributed by atoms with E-state index in [1.54, 1.807) is 11.8 Å². The van der Waals surface area contributed by atoms with Crippen molar-refractivity contribution in [2.45, 2.75) is 18.8 Å². The third-order valence-electron chi connectivity index (χ3n) is 4.25. The van der Waals surface area contributed by atoms with Crippen LogP contribution in [0, 0.1) is 0 Å². The normalized spacial score (nSPS) is 17.0. The molecule has 0 saturated carbocycles. The molecule has 3 rings (SSSR count). The molecule has 0 N–H and O–H groups in total. The molecule has 1 aliphatic rings. The Morgan fingerprint density at radius 2 is 1.80 bits per heavy atom. The number of ether oxygens (including phenoxy) is 1. The monoisotopic (exact) mass is 356 g/mol. The smallest absolute Gasteiger partial charge is 0.234 e. The molecule has 132 valence electrons. The number of nitrogens with zero attached hydrogens (tertiary/aromatic N) is 2. The van der Waals surface area contributed by atoms with Gasteiger partial charge in [0.15, 0.2) is 0 Å². The molecule has 1 aliphatic heterocycles. The molecule has 1 saturated heterocycles. The highest BCUT2D eigenvalue weighted by atomic mass is 32.2. The number of hydrogen-bond donors (Lipinski definition) is 0. The fraction of sp³-hybridized carbons (Fsp3) is 0.350. The summed E-state index contributed by atoms with van der Waals surface area (Å²) in [6.07, 6.45) is 0. The Kier molecular flexibility index (Phi) is 5.53. The van der Waals surface area contributed by atoms with Gasteiger partial charge in [0.05, 0.1) is 12.4 Å². The summed E-state index contributed by atoms with van der Waals surface area (Å²) in [5.41, 5.74) is 3.45. The van der Waals surface area contributed by atoms with E-state index in [0.717, 1.165) is 22.6 Å². The van der Waals surface area contributed by atoms with Gasteiger partial charge in [-0.05, 0) is 42.3 Å². The maximum Gasteiger partial charge on any atom is 0.234 e. The second kappa shape index (κ2) is 7.83. The van der Waals surface area contributed by atoms with Gasteiger partial charge in [-0.3, -0.25) is 4.79 Å². The number of hydrogen-bond acceptors (Lipinski definition) is 4. The third kappa shape index (κ3) is 4.10. The fourth-order valence-corrected chi connectivity index (χ4v) is 4.08. The van der Waals surface area contributed by atoms with Gasteiger partial charge in [0.1, 0.15) is 11.1 Å².